The van der Waals surface area contributed by atoms with Gasteiger partial charge in [-0.3, -0.25) is 19.2 Å². The molecule has 2 aliphatic heterocycles. The Hall–Kier alpha value is -2.12. The number of carbonyl (C=O) groups excluding carboxylic acids is 4. The Morgan fingerprint density at radius 3 is 2.15 bits per heavy atom. The molecule has 0 aromatic heterocycles. The summed E-state index contributed by atoms with van der Waals surface area (Å²) in [6, 6.07) is -1.84. The highest BCUT2D eigenvalue weighted by molar-refractivity contribution is 5.94. The minimum atomic E-state index is -0.711. The van der Waals surface area contributed by atoms with Crippen molar-refractivity contribution in [3.63, 3.8) is 0 Å². The molecule has 3 N–H and O–H groups in total. The van der Waals surface area contributed by atoms with Crippen molar-refractivity contribution in [2.45, 2.75) is 71.0 Å². The third kappa shape index (κ3) is 4.53. The summed E-state index contributed by atoms with van der Waals surface area (Å²) in [5, 5.41) is 2.84. The van der Waals surface area contributed by atoms with Crippen LogP contribution in [-0.4, -0.2) is 64.6 Å². The molecule has 2 rings (SSSR count). The number of likely N-dealkylation sites (tertiary alicyclic amines) is 2. The van der Waals surface area contributed by atoms with E-state index in [9.17, 15) is 19.2 Å². The highest BCUT2D eigenvalue weighted by Gasteiger charge is 2.39. The number of amides is 4. The van der Waals surface area contributed by atoms with Crippen LogP contribution >= 0.6 is 0 Å². The Morgan fingerprint density at radius 1 is 1.04 bits per heavy atom. The number of nitrogens with two attached hydrogens (primary N) is 1. The van der Waals surface area contributed by atoms with Crippen LogP contribution in [0.4, 0.5) is 0 Å². The van der Waals surface area contributed by atoms with Crippen molar-refractivity contribution in [1.82, 2.24) is 15.1 Å². The number of carbonyl (C=O) groups is 4. The number of primary amides is 1. The molecule has 0 aromatic carbocycles. The smallest absolute Gasteiger partial charge is 0.245 e. The van der Waals surface area contributed by atoms with Gasteiger partial charge in [0.25, 0.3) is 0 Å². The van der Waals surface area contributed by atoms with Gasteiger partial charge in [0, 0.05) is 20.0 Å². The first-order chi connectivity index (χ1) is 12.2. The molecule has 2 heterocycles. The fourth-order valence-corrected chi connectivity index (χ4v) is 3.90. The second-order valence-corrected chi connectivity index (χ2v) is 7.65. The molecule has 146 valence electrons. The standard InChI is InChI=1S/C18H30N4O4/c1-11(2)10-13(18(26)22-9-4-6-14(22)16(19)24)20-17(25)15-7-5-8-21(15)12(3)23/h11,13-15H,4-10H2,1-3H3,(H2,19,24)(H,20,25). The predicted molar refractivity (Wildman–Crippen MR) is 95.7 cm³/mol. The number of hydrogen-bond acceptors (Lipinski definition) is 4. The van der Waals surface area contributed by atoms with Crippen LogP contribution in [0, 0.1) is 5.92 Å². The van der Waals surface area contributed by atoms with Gasteiger partial charge in [-0.25, -0.2) is 0 Å². The lowest BCUT2D eigenvalue weighted by atomic mass is 10.0. The van der Waals surface area contributed by atoms with E-state index in [2.05, 4.69) is 5.32 Å². The molecule has 2 fully saturated rings. The van der Waals surface area contributed by atoms with Crippen LogP contribution < -0.4 is 11.1 Å². The molecule has 2 saturated heterocycles. The summed E-state index contributed by atoms with van der Waals surface area (Å²) in [7, 11) is 0. The van der Waals surface area contributed by atoms with Crippen molar-refractivity contribution >= 4 is 23.6 Å². The van der Waals surface area contributed by atoms with Crippen molar-refractivity contribution in [3.05, 3.63) is 0 Å². The Balaban J connectivity index is 2.11. The van der Waals surface area contributed by atoms with Crippen LogP contribution in [0.15, 0.2) is 0 Å². The van der Waals surface area contributed by atoms with Gasteiger partial charge in [0.2, 0.25) is 23.6 Å². The first-order valence-corrected chi connectivity index (χ1v) is 9.39. The van der Waals surface area contributed by atoms with Crippen LogP contribution in [0.25, 0.3) is 0 Å². The lowest BCUT2D eigenvalue weighted by Gasteiger charge is -2.30. The first-order valence-electron chi connectivity index (χ1n) is 9.39. The molecule has 26 heavy (non-hydrogen) atoms. The second kappa shape index (κ2) is 8.51. The van der Waals surface area contributed by atoms with Gasteiger partial charge in [-0.15, -0.1) is 0 Å². The van der Waals surface area contributed by atoms with Crippen LogP contribution in [0.3, 0.4) is 0 Å². The highest BCUT2D eigenvalue weighted by atomic mass is 16.2. The molecule has 2 aliphatic rings. The molecule has 0 saturated carbocycles. The molecule has 8 nitrogen and oxygen atoms in total. The van der Waals surface area contributed by atoms with Gasteiger partial charge < -0.3 is 20.9 Å². The van der Waals surface area contributed by atoms with Crippen LogP contribution in [0.2, 0.25) is 0 Å². The van der Waals surface area contributed by atoms with E-state index in [1.54, 1.807) is 4.90 Å². The zero-order valence-corrected chi connectivity index (χ0v) is 15.9. The maximum Gasteiger partial charge on any atom is 0.245 e. The Bertz CT molecular complexity index is 578. The molecule has 0 bridgehead atoms. The maximum absolute atomic E-state index is 13.0. The number of nitrogens with one attached hydrogen (secondary N) is 1. The van der Waals surface area contributed by atoms with Crippen molar-refractivity contribution in [3.8, 4) is 0 Å². The van der Waals surface area contributed by atoms with Gasteiger partial charge in [-0.05, 0) is 38.0 Å². The molecule has 0 spiro atoms. The SMILES string of the molecule is CC(=O)N1CCCC1C(=O)NC(CC(C)C)C(=O)N1CCCC1C(N)=O. The maximum atomic E-state index is 13.0. The average Bonchev–Trinajstić information content (AvgIpc) is 3.21. The third-order valence-electron chi connectivity index (χ3n) is 5.15. The molecule has 3 unspecified atom stereocenters. The first kappa shape index (κ1) is 20.2. The summed E-state index contributed by atoms with van der Waals surface area (Å²) in [5.41, 5.74) is 5.42. The predicted octanol–water partition coefficient (Wildman–Crippen LogP) is 0.00450. The quantitative estimate of drug-likeness (QED) is 0.689. The lowest BCUT2D eigenvalue weighted by molar-refractivity contribution is -0.142. The summed E-state index contributed by atoms with van der Waals surface area (Å²) >= 11 is 0. The summed E-state index contributed by atoms with van der Waals surface area (Å²) in [6.45, 7) is 6.43. The molecule has 8 heteroatoms. The summed E-state index contributed by atoms with van der Waals surface area (Å²) in [5.74, 6) is -1.02. The zero-order chi connectivity index (χ0) is 19.4. The van der Waals surface area contributed by atoms with Gasteiger partial charge in [0.1, 0.15) is 18.1 Å². The molecule has 3 atom stereocenters. The van der Waals surface area contributed by atoms with E-state index in [0.29, 0.717) is 32.4 Å². The van der Waals surface area contributed by atoms with E-state index in [1.165, 1.54) is 11.8 Å². The van der Waals surface area contributed by atoms with Gasteiger partial charge in [-0.2, -0.15) is 0 Å². The van der Waals surface area contributed by atoms with Gasteiger partial charge in [0.05, 0.1) is 0 Å². The van der Waals surface area contributed by atoms with E-state index < -0.39 is 24.0 Å². The summed E-state index contributed by atoms with van der Waals surface area (Å²) in [4.78, 5) is 52.1. The van der Waals surface area contributed by atoms with E-state index in [-0.39, 0.29) is 23.6 Å². The molecule has 0 aromatic rings. The van der Waals surface area contributed by atoms with Crippen molar-refractivity contribution < 1.29 is 19.2 Å². The van der Waals surface area contributed by atoms with Gasteiger partial charge >= 0.3 is 0 Å². The topological polar surface area (TPSA) is 113 Å². The van der Waals surface area contributed by atoms with E-state index >= 15 is 0 Å². The molecule has 0 radical (unpaired) electrons. The Labute approximate surface area is 154 Å². The fourth-order valence-electron chi connectivity index (χ4n) is 3.90. The molecular weight excluding hydrogens is 336 g/mol. The van der Waals surface area contributed by atoms with Gasteiger partial charge in [0.15, 0.2) is 0 Å². The monoisotopic (exact) mass is 366 g/mol. The number of nitrogens with zero attached hydrogens (tertiary/aromatic N) is 2. The van der Waals surface area contributed by atoms with Crippen LogP contribution in [-0.2, 0) is 19.2 Å². The van der Waals surface area contributed by atoms with Crippen LogP contribution in [0.1, 0.15) is 52.9 Å². The minimum Gasteiger partial charge on any atom is -0.368 e. The Morgan fingerprint density at radius 2 is 1.62 bits per heavy atom. The van der Waals surface area contributed by atoms with Crippen LogP contribution in [0.5, 0.6) is 0 Å². The van der Waals surface area contributed by atoms with Gasteiger partial charge in [-0.1, -0.05) is 13.8 Å². The minimum absolute atomic E-state index is 0.136. The average molecular weight is 366 g/mol. The lowest BCUT2D eigenvalue weighted by Crippen LogP contribution is -2.56. The van der Waals surface area contributed by atoms with E-state index in [1.807, 2.05) is 13.8 Å². The normalized spacial score (nSPS) is 24.0. The number of hydrogen-bond donors (Lipinski definition) is 2. The second-order valence-electron chi connectivity index (χ2n) is 7.65. The van der Waals surface area contributed by atoms with E-state index in [0.717, 1.165) is 12.8 Å². The summed E-state index contributed by atoms with van der Waals surface area (Å²) < 4.78 is 0. The molecule has 0 aliphatic carbocycles. The summed E-state index contributed by atoms with van der Waals surface area (Å²) in [6.07, 6.45) is 3.13. The van der Waals surface area contributed by atoms with Crippen molar-refractivity contribution in [1.29, 1.82) is 0 Å². The fraction of sp³-hybridized carbons (Fsp3) is 0.778. The van der Waals surface area contributed by atoms with Crippen molar-refractivity contribution in [2.75, 3.05) is 13.1 Å². The Kier molecular flexibility index (Phi) is 6.61. The largest absolute Gasteiger partial charge is 0.368 e. The van der Waals surface area contributed by atoms with Crippen molar-refractivity contribution in [2.24, 2.45) is 11.7 Å². The zero-order valence-electron chi connectivity index (χ0n) is 15.9. The molecular formula is C18H30N4O4. The van der Waals surface area contributed by atoms with E-state index in [4.69, 9.17) is 5.73 Å². The number of rotatable bonds is 6. The molecule has 4 amide bonds. The highest BCUT2D eigenvalue weighted by Crippen LogP contribution is 2.21. The third-order valence-corrected chi connectivity index (χ3v) is 5.15.